The third-order valence-corrected chi connectivity index (χ3v) is 4.68. The molecule has 0 saturated heterocycles. The summed E-state index contributed by atoms with van der Waals surface area (Å²) in [6.07, 6.45) is 2.73. The zero-order chi connectivity index (χ0) is 20.4. The van der Waals surface area contributed by atoms with Crippen molar-refractivity contribution in [2.24, 2.45) is 0 Å². The monoisotopic (exact) mass is 396 g/mol. The number of hydrogen-bond acceptors (Lipinski definition) is 3. The highest BCUT2D eigenvalue weighted by Gasteiger charge is 2.38. The lowest BCUT2D eigenvalue weighted by Gasteiger charge is -2.05. The van der Waals surface area contributed by atoms with Crippen LogP contribution in [-0.4, -0.2) is 16.9 Å². The second-order valence-corrected chi connectivity index (χ2v) is 6.75. The number of carbonyl (C=O) groups excluding carboxylic acids is 1. The van der Waals surface area contributed by atoms with Gasteiger partial charge in [0.15, 0.2) is 6.04 Å². The van der Waals surface area contributed by atoms with Crippen LogP contribution in [0.3, 0.4) is 0 Å². The Morgan fingerprint density at radius 3 is 2.45 bits per heavy atom. The molecule has 3 aromatic rings. The molecule has 2 aromatic carbocycles. The predicted molar refractivity (Wildman–Crippen MR) is 103 cm³/mol. The first-order chi connectivity index (χ1) is 13.9. The molecule has 0 fully saturated rings. The molecule has 7 heteroatoms. The molecule has 0 amide bonds. The number of nitrogens with zero attached hydrogens (tertiary/aromatic N) is 2. The van der Waals surface area contributed by atoms with Crippen LogP contribution in [-0.2, 0) is 12.6 Å². The molecule has 0 aliphatic carbocycles. The van der Waals surface area contributed by atoms with Crippen LogP contribution in [0.15, 0.2) is 67.0 Å². The molecule has 29 heavy (non-hydrogen) atoms. The molecule has 1 aromatic heterocycles. The second kappa shape index (κ2) is 7.50. The van der Waals surface area contributed by atoms with Gasteiger partial charge >= 0.3 is 17.9 Å². The van der Waals surface area contributed by atoms with Crippen LogP contribution in [0.4, 0.5) is 19.0 Å². The number of anilines is 1. The Hall–Kier alpha value is -3.48. The van der Waals surface area contributed by atoms with Gasteiger partial charge in [-0.05, 0) is 29.3 Å². The molecule has 1 aliphatic heterocycles. The minimum atomic E-state index is -4.36. The summed E-state index contributed by atoms with van der Waals surface area (Å²) in [5.41, 5.74) is 1.50. The van der Waals surface area contributed by atoms with Gasteiger partial charge in [-0.25, -0.2) is 9.78 Å². The van der Waals surface area contributed by atoms with E-state index in [0.717, 1.165) is 17.7 Å². The molecular formula is C22H17F3N3O+. The average Bonchev–Trinajstić information content (AvgIpc) is 3.02. The summed E-state index contributed by atoms with van der Waals surface area (Å²) in [7, 11) is 0. The van der Waals surface area contributed by atoms with Gasteiger partial charge in [0.2, 0.25) is 0 Å². The van der Waals surface area contributed by atoms with E-state index >= 15 is 0 Å². The van der Waals surface area contributed by atoms with Crippen molar-refractivity contribution in [2.75, 3.05) is 5.32 Å². The van der Waals surface area contributed by atoms with E-state index in [2.05, 4.69) is 10.3 Å². The maximum Gasteiger partial charge on any atom is 0.416 e. The van der Waals surface area contributed by atoms with Gasteiger partial charge in [-0.2, -0.15) is 17.7 Å². The molecule has 0 bridgehead atoms. The summed E-state index contributed by atoms with van der Waals surface area (Å²) in [5, 5.41) is 3.17. The quantitative estimate of drug-likeness (QED) is 0.671. The summed E-state index contributed by atoms with van der Waals surface area (Å²) in [4.78, 5) is 17.0. The summed E-state index contributed by atoms with van der Waals surface area (Å²) in [6.45, 7) is 0. The van der Waals surface area contributed by atoms with Crippen LogP contribution in [0.1, 0.15) is 27.2 Å². The van der Waals surface area contributed by atoms with Crippen molar-refractivity contribution in [3.05, 3.63) is 89.4 Å². The van der Waals surface area contributed by atoms with Crippen LogP contribution in [0.25, 0.3) is 12.2 Å². The zero-order valence-electron chi connectivity index (χ0n) is 15.2. The van der Waals surface area contributed by atoms with Crippen LogP contribution in [0, 0.1) is 0 Å². The number of carbonyl (C=O) groups is 1. The van der Waals surface area contributed by atoms with Crippen LogP contribution >= 0.6 is 0 Å². The number of nitrogens with one attached hydrogen (secondary N) is 1. The predicted octanol–water partition coefficient (Wildman–Crippen LogP) is 4.24. The van der Waals surface area contributed by atoms with Gasteiger partial charge in [-0.15, -0.1) is 0 Å². The Morgan fingerprint density at radius 1 is 1.03 bits per heavy atom. The van der Waals surface area contributed by atoms with Gasteiger partial charge in [0, 0.05) is 6.42 Å². The minimum Gasteiger partial charge on any atom is -0.258 e. The molecule has 4 nitrogen and oxygen atoms in total. The van der Waals surface area contributed by atoms with E-state index in [1.165, 1.54) is 16.7 Å². The fourth-order valence-electron chi connectivity index (χ4n) is 3.17. The SMILES string of the molecule is O=C1C(Cc2ccccc2)Nc2cnc(/C=C/c3ccc(C(F)(F)F)cc3)c[n+]21. The highest BCUT2D eigenvalue weighted by molar-refractivity contribution is 5.81. The molecule has 1 aliphatic rings. The summed E-state index contributed by atoms with van der Waals surface area (Å²) in [6, 6.07) is 14.2. The number of rotatable bonds is 4. The van der Waals surface area contributed by atoms with Crippen LogP contribution < -0.4 is 9.88 Å². The molecule has 1 unspecified atom stereocenters. The Bertz CT molecular complexity index is 1060. The van der Waals surface area contributed by atoms with Crippen molar-refractivity contribution in [2.45, 2.75) is 18.6 Å². The van der Waals surface area contributed by atoms with Crippen molar-refractivity contribution in [3.63, 3.8) is 0 Å². The molecule has 2 heterocycles. The van der Waals surface area contributed by atoms with Crippen LogP contribution in [0.2, 0.25) is 0 Å². The Balaban J connectivity index is 1.48. The highest BCUT2D eigenvalue weighted by Crippen LogP contribution is 2.29. The van der Waals surface area contributed by atoms with E-state index in [9.17, 15) is 18.0 Å². The Kier molecular flexibility index (Phi) is 4.88. The van der Waals surface area contributed by atoms with E-state index in [1.54, 1.807) is 24.5 Å². The van der Waals surface area contributed by atoms with Gasteiger partial charge in [0.1, 0.15) is 18.1 Å². The fourth-order valence-corrected chi connectivity index (χ4v) is 3.17. The van der Waals surface area contributed by atoms with Crippen molar-refractivity contribution in [1.29, 1.82) is 0 Å². The number of alkyl halides is 3. The summed E-state index contributed by atoms with van der Waals surface area (Å²) < 4.78 is 39.4. The zero-order valence-corrected chi connectivity index (χ0v) is 15.2. The van der Waals surface area contributed by atoms with Gasteiger partial charge in [0.05, 0.1) is 5.56 Å². The summed E-state index contributed by atoms with van der Waals surface area (Å²) in [5.74, 6) is 0.540. The maximum absolute atomic E-state index is 12.7. The highest BCUT2D eigenvalue weighted by atomic mass is 19.4. The Labute approximate surface area is 165 Å². The second-order valence-electron chi connectivity index (χ2n) is 6.75. The van der Waals surface area contributed by atoms with E-state index in [1.807, 2.05) is 30.3 Å². The third kappa shape index (κ3) is 4.18. The van der Waals surface area contributed by atoms with Crippen molar-refractivity contribution in [1.82, 2.24) is 4.98 Å². The first-order valence-corrected chi connectivity index (χ1v) is 9.02. The lowest BCUT2D eigenvalue weighted by molar-refractivity contribution is -0.553. The molecule has 0 spiro atoms. The van der Waals surface area contributed by atoms with Crippen molar-refractivity contribution in [3.8, 4) is 0 Å². The van der Waals surface area contributed by atoms with Crippen molar-refractivity contribution < 1.29 is 22.5 Å². The first kappa shape index (κ1) is 18.9. The first-order valence-electron chi connectivity index (χ1n) is 9.02. The maximum atomic E-state index is 12.7. The smallest absolute Gasteiger partial charge is 0.258 e. The number of aromatic nitrogens is 2. The minimum absolute atomic E-state index is 0.0737. The standard InChI is InChI=1S/C22H16F3N3O/c23-22(24,25)17-9-6-15(7-10-17)8-11-18-14-28-20(13-26-18)27-19(21(28)29)12-16-4-2-1-3-5-16/h1-11,13-14,19H,12H2/p+1/b11-8+. The van der Waals surface area contributed by atoms with Gasteiger partial charge in [0.25, 0.3) is 0 Å². The lowest BCUT2D eigenvalue weighted by Crippen LogP contribution is -2.43. The lowest BCUT2D eigenvalue weighted by atomic mass is 10.1. The van der Waals surface area contributed by atoms with E-state index < -0.39 is 11.7 Å². The number of halogens is 3. The van der Waals surface area contributed by atoms with E-state index in [4.69, 9.17) is 0 Å². The Morgan fingerprint density at radius 2 is 1.76 bits per heavy atom. The molecule has 1 atom stereocenters. The average molecular weight is 396 g/mol. The van der Waals surface area contributed by atoms with Gasteiger partial charge in [-0.1, -0.05) is 48.5 Å². The van der Waals surface area contributed by atoms with E-state index in [0.29, 0.717) is 23.5 Å². The van der Waals surface area contributed by atoms with Gasteiger partial charge < -0.3 is 0 Å². The summed E-state index contributed by atoms with van der Waals surface area (Å²) >= 11 is 0. The van der Waals surface area contributed by atoms with Gasteiger partial charge in [-0.3, -0.25) is 5.32 Å². The molecule has 1 N–H and O–H groups in total. The molecule has 146 valence electrons. The third-order valence-electron chi connectivity index (χ3n) is 4.68. The molecule has 0 radical (unpaired) electrons. The normalized spacial score (nSPS) is 16.1. The molecule has 4 rings (SSSR count). The largest absolute Gasteiger partial charge is 0.416 e. The molecule has 0 saturated carbocycles. The fraction of sp³-hybridized carbons (Fsp3) is 0.136. The van der Waals surface area contributed by atoms with Crippen molar-refractivity contribution >= 4 is 23.9 Å². The number of benzene rings is 2. The van der Waals surface area contributed by atoms with E-state index in [-0.39, 0.29) is 11.9 Å². The topological polar surface area (TPSA) is 45.9 Å². The number of fused-ring (bicyclic) bond motifs is 1. The number of hydrogen-bond donors (Lipinski definition) is 1. The van der Waals surface area contributed by atoms with Crippen LogP contribution in [0.5, 0.6) is 0 Å². The molecular weight excluding hydrogens is 379 g/mol.